The Kier molecular flexibility index (Phi) is 5.06. The van der Waals surface area contributed by atoms with Gasteiger partial charge in [-0.05, 0) is 50.6 Å². The molecule has 0 bridgehead atoms. The average Bonchev–Trinajstić information content (AvgIpc) is 2.94. The van der Waals surface area contributed by atoms with Crippen LogP contribution < -0.4 is 5.73 Å². The van der Waals surface area contributed by atoms with Crippen molar-refractivity contribution in [2.45, 2.75) is 32.4 Å². The molecule has 0 aliphatic carbocycles. The van der Waals surface area contributed by atoms with E-state index >= 15 is 0 Å². The lowest BCUT2D eigenvalue weighted by Gasteiger charge is -2.38. The summed E-state index contributed by atoms with van der Waals surface area (Å²) in [4.78, 5) is 32.1. The van der Waals surface area contributed by atoms with Crippen molar-refractivity contribution in [1.82, 2.24) is 14.8 Å². The fraction of sp³-hybridized carbons (Fsp3) is 0.500. The zero-order valence-electron chi connectivity index (χ0n) is 14.9. The number of amides is 2. The van der Waals surface area contributed by atoms with Gasteiger partial charge in [-0.3, -0.25) is 9.59 Å². The van der Waals surface area contributed by atoms with Crippen LogP contribution in [-0.2, 0) is 16.1 Å². The first kappa shape index (κ1) is 17.8. The number of rotatable bonds is 3. The molecule has 3 rings (SSSR count). The van der Waals surface area contributed by atoms with Gasteiger partial charge in [0, 0.05) is 13.1 Å². The van der Waals surface area contributed by atoms with Gasteiger partial charge in [0.05, 0.1) is 16.3 Å². The summed E-state index contributed by atoms with van der Waals surface area (Å²) in [6.45, 7) is 3.46. The molecule has 0 radical (unpaired) electrons. The molecular formula is C18H24N4O2S. The van der Waals surface area contributed by atoms with Crippen molar-refractivity contribution in [2.24, 2.45) is 11.7 Å². The van der Waals surface area contributed by atoms with Gasteiger partial charge in [0.1, 0.15) is 5.01 Å². The number of nitrogens with two attached hydrogens (primary N) is 1. The van der Waals surface area contributed by atoms with Crippen LogP contribution in [-0.4, -0.2) is 47.2 Å². The molecular weight excluding hydrogens is 336 g/mol. The fourth-order valence-corrected chi connectivity index (χ4v) is 4.47. The highest BCUT2D eigenvalue weighted by Crippen LogP contribution is 2.35. The first-order chi connectivity index (χ1) is 11.8. The molecule has 1 aliphatic rings. The Labute approximate surface area is 151 Å². The van der Waals surface area contributed by atoms with Gasteiger partial charge in [-0.1, -0.05) is 13.0 Å². The van der Waals surface area contributed by atoms with E-state index in [0.717, 1.165) is 40.2 Å². The molecule has 2 atom stereocenters. The summed E-state index contributed by atoms with van der Waals surface area (Å²) in [5.41, 5.74) is 7.22. The third-order valence-corrected chi connectivity index (χ3v) is 5.60. The summed E-state index contributed by atoms with van der Waals surface area (Å²) >= 11 is 1.69. The molecule has 7 heteroatoms. The summed E-state index contributed by atoms with van der Waals surface area (Å²) in [6, 6.07) is 6.04. The molecule has 1 aliphatic heterocycles. The molecule has 2 aromatic rings. The predicted octanol–water partition coefficient (Wildman–Crippen LogP) is 2.14. The van der Waals surface area contributed by atoms with E-state index in [1.54, 1.807) is 16.2 Å². The number of fused-ring (bicyclic) bond motifs is 1. The van der Waals surface area contributed by atoms with Crippen LogP contribution in [0, 0.1) is 5.92 Å². The molecule has 25 heavy (non-hydrogen) atoms. The number of nitrogens with zero attached hydrogens (tertiary/aromatic N) is 3. The quantitative estimate of drug-likeness (QED) is 0.851. The first-order valence-electron chi connectivity index (χ1n) is 8.49. The first-order valence-corrected chi connectivity index (χ1v) is 9.31. The van der Waals surface area contributed by atoms with E-state index in [4.69, 9.17) is 10.7 Å². The normalized spacial score (nSPS) is 21.0. The van der Waals surface area contributed by atoms with Crippen molar-refractivity contribution >= 4 is 33.4 Å². The Morgan fingerprint density at radius 2 is 2.12 bits per heavy atom. The van der Waals surface area contributed by atoms with E-state index in [9.17, 15) is 9.59 Å². The molecule has 1 fully saturated rings. The Hall–Kier alpha value is -1.99. The van der Waals surface area contributed by atoms with Crippen molar-refractivity contribution in [3.8, 4) is 0 Å². The summed E-state index contributed by atoms with van der Waals surface area (Å²) in [7, 11) is 4.04. The Morgan fingerprint density at radius 3 is 2.80 bits per heavy atom. The number of hydrogen-bond acceptors (Lipinski definition) is 5. The van der Waals surface area contributed by atoms with E-state index in [2.05, 4.69) is 17.9 Å². The van der Waals surface area contributed by atoms with E-state index in [0.29, 0.717) is 12.5 Å². The summed E-state index contributed by atoms with van der Waals surface area (Å²) in [5, 5.41) is 1.07. The van der Waals surface area contributed by atoms with E-state index in [1.165, 1.54) is 0 Å². The molecule has 0 spiro atoms. The maximum Gasteiger partial charge on any atom is 0.312 e. The minimum atomic E-state index is -0.887. The van der Waals surface area contributed by atoms with Gasteiger partial charge in [-0.2, -0.15) is 0 Å². The highest BCUT2D eigenvalue weighted by Gasteiger charge is 2.33. The van der Waals surface area contributed by atoms with Gasteiger partial charge in [0.15, 0.2) is 0 Å². The van der Waals surface area contributed by atoms with Crippen LogP contribution in [0.2, 0.25) is 0 Å². The maximum absolute atomic E-state index is 12.2. The van der Waals surface area contributed by atoms with Crippen molar-refractivity contribution in [3.63, 3.8) is 0 Å². The smallest absolute Gasteiger partial charge is 0.312 e. The molecule has 2 heterocycles. The van der Waals surface area contributed by atoms with Crippen molar-refractivity contribution in [2.75, 3.05) is 20.6 Å². The average molecular weight is 360 g/mol. The summed E-state index contributed by atoms with van der Waals surface area (Å²) in [5.74, 6) is -1.11. The minimum absolute atomic E-state index is 0.111. The molecule has 1 aromatic heterocycles. The Morgan fingerprint density at radius 1 is 1.36 bits per heavy atom. The van der Waals surface area contributed by atoms with Gasteiger partial charge in [0.25, 0.3) is 0 Å². The fourth-order valence-electron chi connectivity index (χ4n) is 3.40. The maximum atomic E-state index is 12.2. The second-order valence-corrected chi connectivity index (χ2v) is 8.21. The lowest BCUT2D eigenvalue weighted by Crippen LogP contribution is -2.46. The Balaban J connectivity index is 1.92. The SMILES string of the molecule is C[C@H]1CC[C@H](c2ccc3sc(CN(C)C)nc3c2)N(C(=O)C(N)=O)C1. The molecule has 2 amide bonds. The molecule has 1 saturated heterocycles. The number of benzene rings is 1. The molecule has 0 saturated carbocycles. The highest BCUT2D eigenvalue weighted by atomic mass is 32.1. The predicted molar refractivity (Wildman–Crippen MR) is 99.1 cm³/mol. The largest absolute Gasteiger partial charge is 0.361 e. The minimum Gasteiger partial charge on any atom is -0.361 e. The summed E-state index contributed by atoms with van der Waals surface area (Å²) in [6.07, 6.45) is 1.86. The molecule has 134 valence electrons. The number of piperidine rings is 1. The van der Waals surface area contributed by atoms with Gasteiger partial charge in [0.2, 0.25) is 0 Å². The monoisotopic (exact) mass is 360 g/mol. The zero-order valence-corrected chi connectivity index (χ0v) is 15.7. The number of primary amides is 1. The van der Waals surface area contributed by atoms with Gasteiger partial charge in [-0.15, -0.1) is 11.3 Å². The van der Waals surface area contributed by atoms with Gasteiger partial charge in [-0.25, -0.2) is 4.98 Å². The number of thiazole rings is 1. The van der Waals surface area contributed by atoms with E-state index in [-0.39, 0.29) is 6.04 Å². The topological polar surface area (TPSA) is 79.5 Å². The lowest BCUT2D eigenvalue weighted by atomic mass is 9.89. The third-order valence-electron chi connectivity index (χ3n) is 4.58. The second kappa shape index (κ2) is 7.09. The second-order valence-electron chi connectivity index (χ2n) is 7.09. The number of hydrogen-bond donors (Lipinski definition) is 1. The molecule has 0 unspecified atom stereocenters. The van der Waals surface area contributed by atoms with Crippen LogP contribution in [0.25, 0.3) is 10.2 Å². The van der Waals surface area contributed by atoms with Crippen LogP contribution in [0.4, 0.5) is 0 Å². The zero-order chi connectivity index (χ0) is 18.1. The highest BCUT2D eigenvalue weighted by molar-refractivity contribution is 7.18. The standard InChI is InChI=1S/C18H24N4O2S/c1-11-4-6-14(22(9-11)18(24)17(19)23)12-5-7-15-13(8-12)20-16(25-15)10-21(2)3/h5,7-8,11,14H,4,6,9-10H2,1-3H3,(H2,19,23)/t11-,14+/m0/s1. The van der Waals surface area contributed by atoms with Crippen LogP contribution in [0.3, 0.4) is 0 Å². The molecule has 6 nitrogen and oxygen atoms in total. The van der Waals surface area contributed by atoms with Crippen molar-refractivity contribution in [1.29, 1.82) is 0 Å². The van der Waals surface area contributed by atoms with Crippen LogP contribution in [0.1, 0.15) is 36.4 Å². The van der Waals surface area contributed by atoms with E-state index < -0.39 is 11.8 Å². The van der Waals surface area contributed by atoms with Crippen LogP contribution in [0.5, 0.6) is 0 Å². The van der Waals surface area contributed by atoms with Gasteiger partial charge >= 0.3 is 11.8 Å². The Bertz CT molecular complexity index is 801. The van der Waals surface area contributed by atoms with E-state index in [1.807, 2.05) is 26.2 Å². The number of likely N-dealkylation sites (tertiary alicyclic amines) is 1. The molecule has 1 aromatic carbocycles. The van der Waals surface area contributed by atoms with Crippen molar-refractivity contribution in [3.05, 3.63) is 28.8 Å². The van der Waals surface area contributed by atoms with Crippen molar-refractivity contribution < 1.29 is 9.59 Å². The lowest BCUT2D eigenvalue weighted by molar-refractivity contribution is -0.147. The number of carbonyl (C=O) groups excluding carboxylic acids is 2. The third kappa shape index (κ3) is 3.82. The van der Waals surface area contributed by atoms with Crippen LogP contribution in [0.15, 0.2) is 18.2 Å². The molecule has 2 N–H and O–H groups in total. The van der Waals surface area contributed by atoms with Crippen LogP contribution >= 0.6 is 11.3 Å². The summed E-state index contributed by atoms with van der Waals surface area (Å²) < 4.78 is 1.14. The number of aromatic nitrogens is 1. The van der Waals surface area contributed by atoms with Gasteiger partial charge < -0.3 is 15.5 Å². The number of carbonyl (C=O) groups is 2.